The summed E-state index contributed by atoms with van der Waals surface area (Å²) in [6, 6.07) is 2.82. The molecule has 6 heteroatoms. The Balaban J connectivity index is 1.78. The van der Waals surface area contributed by atoms with Gasteiger partial charge in [0.1, 0.15) is 11.6 Å². The van der Waals surface area contributed by atoms with E-state index in [9.17, 15) is 18.4 Å². The van der Waals surface area contributed by atoms with Crippen molar-refractivity contribution < 1.29 is 18.4 Å². The van der Waals surface area contributed by atoms with Gasteiger partial charge in [0.05, 0.1) is 5.56 Å². The molecule has 1 amide bonds. The van der Waals surface area contributed by atoms with E-state index in [0.29, 0.717) is 12.6 Å². The first kappa shape index (κ1) is 17.5. The molecule has 0 aromatic heterocycles. The van der Waals surface area contributed by atoms with E-state index in [2.05, 4.69) is 17.6 Å². The Morgan fingerprint density at radius 3 is 2.57 bits per heavy atom. The summed E-state index contributed by atoms with van der Waals surface area (Å²) in [6.07, 6.45) is 1.90. The molecule has 0 spiro atoms. The van der Waals surface area contributed by atoms with Crippen LogP contribution in [-0.2, 0) is 4.79 Å². The van der Waals surface area contributed by atoms with Crippen LogP contribution in [0, 0.1) is 17.0 Å². The number of hydrogen-bond acceptors (Lipinski definition) is 3. The summed E-state index contributed by atoms with van der Waals surface area (Å²) in [4.78, 5) is 23.8. The molecule has 0 aliphatic carbocycles. The molecule has 0 radical (unpaired) electrons. The lowest BCUT2D eigenvalue weighted by Gasteiger charge is -2.34. The van der Waals surface area contributed by atoms with Crippen LogP contribution < -0.4 is 10.6 Å². The molecular formula is C17H22F2N2O2. The Labute approximate surface area is 134 Å². The Morgan fingerprint density at radius 2 is 1.91 bits per heavy atom. The molecule has 1 aromatic rings. The van der Waals surface area contributed by atoms with Crippen molar-refractivity contribution in [3.8, 4) is 0 Å². The number of nitrogens with one attached hydrogen (secondary N) is 2. The highest BCUT2D eigenvalue weighted by atomic mass is 19.1. The van der Waals surface area contributed by atoms with Crippen molar-refractivity contribution in [3.63, 3.8) is 0 Å². The van der Waals surface area contributed by atoms with E-state index in [4.69, 9.17) is 0 Å². The third kappa shape index (κ3) is 5.10. The van der Waals surface area contributed by atoms with E-state index in [1.165, 1.54) is 0 Å². The van der Waals surface area contributed by atoms with Gasteiger partial charge in [0.15, 0.2) is 5.78 Å². The standard InChI is InChI=1S/C17H22F2N2O2/c1-17(6-8-20-9-7-17)11-21-16(23)5-4-15(22)13-3-2-12(18)10-14(13)19/h2-3,10,20H,4-9,11H2,1H3,(H,21,23). The maximum atomic E-state index is 13.5. The summed E-state index contributed by atoms with van der Waals surface area (Å²) in [7, 11) is 0. The number of halogens is 2. The van der Waals surface area contributed by atoms with Crippen LogP contribution in [0.4, 0.5) is 8.78 Å². The highest BCUT2D eigenvalue weighted by molar-refractivity contribution is 5.98. The second-order valence-electron chi connectivity index (χ2n) is 6.38. The third-order valence-electron chi connectivity index (χ3n) is 4.33. The molecule has 0 unspecified atom stereocenters. The molecule has 1 aromatic carbocycles. The lowest BCUT2D eigenvalue weighted by Crippen LogP contribution is -2.42. The van der Waals surface area contributed by atoms with Crippen molar-refractivity contribution in [1.29, 1.82) is 0 Å². The molecule has 126 valence electrons. The van der Waals surface area contributed by atoms with Gasteiger partial charge in [-0.25, -0.2) is 8.78 Å². The molecule has 1 aliphatic rings. The fourth-order valence-electron chi connectivity index (χ4n) is 2.68. The number of hydrogen-bond donors (Lipinski definition) is 2. The van der Waals surface area contributed by atoms with E-state index in [0.717, 1.165) is 38.1 Å². The Kier molecular flexibility index (Phi) is 5.82. The molecular weight excluding hydrogens is 302 g/mol. The van der Waals surface area contributed by atoms with Crippen molar-refractivity contribution >= 4 is 11.7 Å². The van der Waals surface area contributed by atoms with E-state index in [1.54, 1.807) is 0 Å². The molecule has 1 fully saturated rings. The Morgan fingerprint density at radius 1 is 1.22 bits per heavy atom. The van der Waals surface area contributed by atoms with Gasteiger partial charge in [0.2, 0.25) is 5.91 Å². The van der Waals surface area contributed by atoms with E-state index in [-0.39, 0.29) is 29.7 Å². The second kappa shape index (κ2) is 7.64. The molecule has 4 nitrogen and oxygen atoms in total. The number of amides is 1. The van der Waals surface area contributed by atoms with Crippen LogP contribution in [-0.4, -0.2) is 31.3 Å². The van der Waals surface area contributed by atoms with Crippen LogP contribution in [0.1, 0.15) is 43.0 Å². The largest absolute Gasteiger partial charge is 0.356 e. The number of ketones is 1. The third-order valence-corrected chi connectivity index (χ3v) is 4.33. The molecule has 2 N–H and O–H groups in total. The summed E-state index contributed by atoms with van der Waals surface area (Å²) in [5.74, 6) is -2.34. The molecule has 2 rings (SSSR count). The topological polar surface area (TPSA) is 58.2 Å². The summed E-state index contributed by atoms with van der Waals surface area (Å²) < 4.78 is 26.3. The van der Waals surface area contributed by atoms with Gasteiger partial charge in [-0.15, -0.1) is 0 Å². The van der Waals surface area contributed by atoms with Crippen LogP contribution in [0.25, 0.3) is 0 Å². The average molecular weight is 324 g/mol. The fourth-order valence-corrected chi connectivity index (χ4v) is 2.68. The van der Waals surface area contributed by atoms with Crippen molar-refractivity contribution in [2.75, 3.05) is 19.6 Å². The summed E-state index contributed by atoms with van der Waals surface area (Å²) >= 11 is 0. The van der Waals surface area contributed by atoms with Crippen molar-refractivity contribution in [1.82, 2.24) is 10.6 Å². The Hall–Kier alpha value is -1.82. The van der Waals surface area contributed by atoms with Crippen LogP contribution in [0.3, 0.4) is 0 Å². The van der Waals surface area contributed by atoms with Crippen molar-refractivity contribution in [3.05, 3.63) is 35.4 Å². The van der Waals surface area contributed by atoms with Gasteiger partial charge in [0.25, 0.3) is 0 Å². The predicted octanol–water partition coefficient (Wildman–Crippen LogP) is 2.43. The van der Waals surface area contributed by atoms with Crippen molar-refractivity contribution in [2.45, 2.75) is 32.6 Å². The maximum absolute atomic E-state index is 13.5. The molecule has 23 heavy (non-hydrogen) atoms. The SMILES string of the molecule is CC1(CNC(=O)CCC(=O)c2ccc(F)cc2F)CCNCC1. The average Bonchev–Trinajstić information content (AvgIpc) is 2.51. The monoisotopic (exact) mass is 324 g/mol. The number of Topliss-reactive ketones (excluding diaryl/α,β-unsaturated/α-hetero) is 1. The summed E-state index contributed by atoms with van der Waals surface area (Å²) in [6.45, 7) is 4.59. The van der Waals surface area contributed by atoms with E-state index < -0.39 is 17.4 Å². The quantitative estimate of drug-likeness (QED) is 0.790. The first-order valence-corrected chi connectivity index (χ1v) is 7.85. The Bertz CT molecular complexity index is 584. The fraction of sp³-hybridized carbons (Fsp3) is 0.529. The lowest BCUT2D eigenvalue weighted by atomic mass is 9.81. The number of rotatable bonds is 6. The highest BCUT2D eigenvalue weighted by Crippen LogP contribution is 2.26. The molecule has 0 bridgehead atoms. The van der Waals surface area contributed by atoms with Gasteiger partial charge in [-0.1, -0.05) is 6.92 Å². The predicted molar refractivity (Wildman–Crippen MR) is 83.1 cm³/mol. The highest BCUT2D eigenvalue weighted by Gasteiger charge is 2.27. The zero-order valence-electron chi connectivity index (χ0n) is 13.3. The second-order valence-corrected chi connectivity index (χ2v) is 6.38. The van der Waals surface area contributed by atoms with Gasteiger partial charge < -0.3 is 10.6 Å². The van der Waals surface area contributed by atoms with Crippen LogP contribution >= 0.6 is 0 Å². The number of carbonyl (C=O) groups is 2. The zero-order chi connectivity index (χ0) is 16.9. The minimum atomic E-state index is -0.891. The molecule has 0 saturated carbocycles. The molecule has 1 saturated heterocycles. The van der Waals surface area contributed by atoms with Crippen LogP contribution in [0.15, 0.2) is 18.2 Å². The van der Waals surface area contributed by atoms with Gasteiger partial charge >= 0.3 is 0 Å². The lowest BCUT2D eigenvalue weighted by molar-refractivity contribution is -0.121. The van der Waals surface area contributed by atoms with Crippen LogP contribution in [0.5, 0.6) is 0 Å². The zero-order valence-corrected chi connectivity index (χ0v) is 13.3. The maximum Gasteiger partial charge on any atom is 0.220 e. The minimum Gasteiger partial charge on any atom is -0.356 e. The van der Waals surface area contributed by atoms with Gasteiger partial charge in [0, 0.05) is 25.5 Å². The molecule has 0 atom stereocenters. The minimum absolute atomic E-state index is 0.00395. The van der Waals surface area contributed by atoms with Gasteiger partial charge in [-0.2, -0.15) is 0 Å². The van der Waals surface area contributed by atoms with Gasteiger partial charge in [-0.3, -0.25) is 9.59 Å². The molecule has 1 heterocycles. The first-order chi connectivity index (χ1) is 10.9. The van der Waals surface area contributed by atoms with E-state index in [1.807, 2.05) is 0 Å². The smallest absolute Gasteiger partial charge is 0.220 e. The number of benzene rings is 1. The number of piperidine rings is 1. The molecule has 1 aliphatic heterocycles. The summed E-state index contributed by atoms with van der Waals surface area (Å²) in [5.41, 5.74) is -0.0990. The van der Waals surface area contributed by atoms with Gasteiger partial charge in [-0.05, 0) is 43.5 Å². The first-order valence-electron chi connectivity index (χ1n) is 7.85. The van der Waals surface area contributed by atoms with Crippen molar-refractivity contribution in [2.24, 2.45) is 5.41 Å². The summed E-state index contributed by atoms with van der Waals surface area (Å²) in [5, 5.41) is 6.13. The van der Waals surface area contributed by atoms with E-state index >= 15 is 0 Å². The number of carbonyl (C=O) groups excluding carboxylic acids is 2. The van der Waals surface area contributed by atoms with Crippen LogP contribution in [0.2, 0.25) is 0 Å². The normalized spacial score (nSPS) is 16.8.